The van der Waals surface area contributed by atoms with Crippen LogP contribution in [0.4, 0.5) is 0 Å². The predicted octanol–water partition coefficient (Wildman–Crippen LogP) is 5.06. The summed E-state index contributed by atoms with van der Waals surface area (Å²) in [5.41, 5.74) is 3.17. The Morgan fingerprint density at radius 2 is 1.53 bits per heavy atom. The van der Waals surface area contributed by atoms with Gasteiger partial charge in [-0.15, -0.1) is 12.4 Å². The van der Waals surface area contributed by atoms with Crippen molar-refractivity contribution in [2.45, 2.75) is 12.6 Å². The SMILES string of the molecule is CN1C[C@H]2CN(C(=O)c3ccc(COc4ccccc4)cc3)C[C@H]2[C@@H]1c1ccccc1.Cl. The Labute approximate surface area is 196 Å². The summed E-state index contributed by atoms with van der Waals surface area (Å²) < 4.78 is 5.81. The van der Waals surface area contributed by atoms with Crippen LogP contribution < -0.4 is 4.74 Å². The highest BCUT2D eigenvalue weighted by molar-refractivity contribution is 5.94. The molecule has 2 aliphatic heterocycles. The van der Waals surface area contributed by atoms with E-state index in [1.54, 1.807) is 0 Å². The fraction of sp³-hybridized carbons (Fsp3) is 0.296. The number of amides is 1. The summed E-state index contributed by atoms with van der Waals surface area (Å²) in [6.45, 7) is 3.21. The molecule has 5 heteroatoms. The lowest BCUT2D eigenvalue weighted by Gasteiger charge is -2.27. The van der Waals surface area contributed by atoms with Crippen molar-refractivity contribution in [1.82, 2.24) is 9.80 Å². The Kier molecular flexibility index (Phi) is 6.83. The molecule has 3 aromatic rings. The molecular formula is C27H29ClN2O2. The molecule has 0 saturated carbocycles. The van der Waals surface area contributed by atoms with Gasteiger partial charge in [-0.25, -0.2) is 0 Å². The molecule has 4 nitrogen and oxygen atoms in total. The first-order valence-corrected chi connectivity index (χ1v) is 11.0. The summed E-state index contributed by atoms with van der Waals surface area (Å²) >= 11 is 0. The Hall–Kier alpha value is -2.82. The number of carbonyl (C=O) groups is 1. The molecule has 0 aromatic heterocycles. The van der Waals surface area contributed by atoms with Crippen molar-refractivity contribution in [2.75, 3.05) is 26.7 Å². The quantitative estimate of drug-likeness (QED) is 0.546. The van der Waals surface area contributed by atoms with E-state index in [0.29, 0.717) is 24.5 Å². The zero-order chi connectivity index (χ0) is 21.2. The number of para-hydroxylation sites is 1. The van der Waals surface area contributed by atoms with Crippen molar-refractivity contribution in [2.24, 2.45) is 11.8 Å². The molecule has 0 bridgehead atoms. The highest BCUT2D eigenvalue weighted by atomic mass is 35.5. The van der Waals surface area contributed by atoms with Gasteiger partial charge >= 0.3 is 0 Å². The standard InChI is InChI=1S/C27H28N2O2.ClH/c1-28-16-23-17-29(18-25(23)26(28)21-8-4-2-5-9-21)27(30)22-14-12-20(13-15-22)19-31-24-10-6-3-7-11-24;/h2-15,23,25-26H,16-19H2,1H3;1H/t23-,25+,26-;/m0./s1. The average Bonchev–Trinajstić information content (AvgIpc) is 3.35. The summed E-state index contributed by atoms with van der Waals surface area (Å²) in [4.78, 5) is 17.7. The minimum absolute atomic E-state index is 0. The van der Waals surface area contributed by atoms with E-state index in [-0.39, 0.29) is 18.3 Å². The summed E-state index contributed by atoms with van der Waals surface area (Å²) in [5.74, 6) is 2.02. The van der Waals surface area contributed by atoms with E-state index in [2.05, 4.69) is 42.3 Å². The zero-order valence-corrected chi connectivity index (χ0v) is 19.1. The Morgan fingerprint density at radius 3 is 2.22 bits per heavy atom. The highest BCUT2D eigenvalue weighted by Crippen LogP contribution is 2.44. The number of nitrogens with zero attached hydrogens (tertiary/aromatic N) is 2. The number of ether oxygens (including phenoxy) is 1. The normalized spacial score (nSPS) is 22.3. The fourth-order valence-electron chi connectivity index (χ4n) is 5.18. The van der Waals surface area contributed by atoms with Gasteiger partial charge in [0, 0.05) is 37.2 Å². The number of rotatable bonds is 5. The molecule has 3 aromatic carbocycles. The van der Waals surface area contributed by atoms with Crippen LogP contribution in [0.25, 0.3) is 0 Å². The second-order valence-corrected chi connectivity index (χ2v) is 8.73. The van der Waals surface area contributed by atoms with Gasteiger partial charge in [0.05, 0.1) is 0 Å². The third-order valence-electron chi connectivity index (χ3n) is 6.67. The van der Waals surface area contributed by atoms with Crippen LogP contribution in [0.5, 0.6) is 5.75 Å². The number of benzene rings is 3. The Balaban J connectivity index is 0.00000245. The third-order valence-corrected chi connectivity index (χ3v) is 6.67. The third kappa shape index (κ3) is 4.52. The summed E-state index contributed by atoms with van der Waals surface area (Å²) in [7, 11) is 2.21. The van der Waals surface area contributed by atoms with E-state index in [4.69, 9.17) is 4.74 Å². The molecule has 2 aliphatic rings. The zero-order valence-electron chi connectivity index (χ0n) is 18.3. The number of hydrogen-bond donors (Lipinski definition) is 0. The molecule has 3 atom stereocenters. The maximum Gasteiger partial charge on any atom is 0.253 e. The number of likely N-dealkylation sites (tertiary alicyclic amines) is 2. The van der Waals surface area contributed by atoms with Crippen LogP contribution >= 0.6 is 12.4 Å². The first-order valence-electron chi connectivity index (χ1n) is 11.0. The molecule has 0 radical (unpaired) electrons. The summed E-state index contributed by atoms with van der Waals surface area (Å²) in [6, 6.07) is 28.7. The van der Waals surface area contributed by atoms with Gasteiger partial charge in [0.15, 0.2) is 0 Å². The molecule has 2 fully saturated rings. The van der Waals surface area contributed by atoms with Crippen LogP contribution in [0, 0.1) is 11.8 Å². The summed E-state index contributed by atoms with van der Waals surface area (Å²) in [6.07, 6.45) is 0. The van der Waals surface area contributed by atoms with Crippen LogP contribution in [-0.2, 0) is 6.61 Å². The van der Waals surface area contributed by atoms with Crippen molar-refractivity contribution < 1.29 is 9.53 Å². The Bertz CT molecular complexity index is 1030. The lowest BCUT2D eigenvalue weighted by atomic mass is 9.90. The minimum Gasteiger partial charge on any atom is -0.489 e. The number of fused-ring (bicyclic) bond motifs is 1. The van der Waals surface area contributed by atoms with Gasteiger partial charge in [-0.1, -0.05) is 60.7 Å². The average molecular weight is 449 g/mol. The van der Waals surface area contributed by atoms with Crippen molar-refractivity contribution >= 4 is 18.3 Å². The van der Waals surface area contributed by atoms with Crippen LogP contribution in [0.2, 0.25) is 0 Å². The largest absolute Gasteiger partial charge is 0.489 e. The second-order valence-electron chi connectivity index (χ2n) is 8.73. The summed E-state index contributed by atoms with van der Waals surface area (Å²) in [5, 5.41) is 0. The van der Waals surface area contributed by atoms with Crippen molar-refractivity contribution in [1.29, 1.82) is 0 Å². The van der Waals surface area contributed by atoms with Gasteiger partial charge in [-0.2, -0.15) is 0 Å². The van der Waals surface area contributed by atoms with E-state index < -0.39 is 0 Å². The molecule has 2 saturated heterocycles. The molecule has 0 unspecified atom stereocenters. The van der Waals surface area contributed by atoms with Crippen LogP contribution in [0.3, 0.4) is 0 Å². The lowest BCUT2D eigenvalue weighted by molar-refractivity contribution is 0.0768. The van der Waals surface area contributed by atoms with Gasteiger partial charge in [0.2, 0.25) is 0 Å². The molecule has 0 aliphatic carbocycles. The smallest absolute Gasteiger partial charge is 0.253 e. The van der Waals surface area contributed by atoms with Gasteiger partial charge in [0.25, 0.3) is 5.91 Å². The van der Waals surface area contributed by atoms with E-state index in [9.17, 15) is 4.79 Å². The molecule has 166 valence electrons. The first-order chi connectivity index (χ1) is 15.2. The minimum atomic E-state index is 0. The second kappa shape index (κ2) is 9.76. The number of carbonyl (C=O) groups excluding carboxylic acids is 1. The maximum atomic E-state index is 13.2. The van der Waals surface area contributed by atoms with Crippen molar-refractivity contribution in [3.63, 3.8) is 0 Å². The van der Waals surface area contributed by atoms with E-state index in [1.165, 1.54) is 5.56 Å². The van der Waals surface area contributed by atoms with Gasteiger partial charge in [0.1, 0.15) is 12.4 Å². The molecular weight excluding hydrogens is 420 g/mol. The van der Waals surface area contributed by atoms with Gasteiger partial charge < -0.3 is 9.64 Å². The van der Waals surface area contributed by atoms with Gasteiger partial charge in [-0.3, -0.25) is 9.69 Å². The topological polar surface area (TPSA) is 32.8 Å². The fourth-order valence-corrected chi connectivity index (χ4v) is 5.18. The van der Waals surface area contributed by atoms with Gasteiger partial charge in [-0.05, 0) is 48.4 Å². The van der Waals surface area contributed by atoms with Crippen molar-refractivity contribution in [3.05, 3.63) is 102 Å². The molecule has 1 amide bonds. The molecule has 0 N–H and O–H groups in total. The van der Waals surface area contributed by atoms with E-state index >= 15 is 0 Å². The van der Waals surface area contributed by atoms with Crippen LogP contribution in [0.15, 0.2) is 84.9 Å². The molecule has 2 heterocycles. The van der Waals surface area contributed by atoms with Crippen LogP contribution in [0.1, 0.15) is 27.5 Å². The predicted molar refractivity (Wildman–Crippen MR) is 129 cm³/mol. The first kappa shape index (κ1) is 22.4. The van der Waals surface area contributed by atoms with Crippen LogP contribution in [-0.4, -0.2) is 42.4 Å². The monoisotopic (exact) mass is 448 g/mol. The number of hydrogen-bond acceptors (Lipinski definition) is 3. The molecule has 5 rings (SSSR count). The lowest BCUT2D eigenvalue weighted by Crippen LogP contribution is -2.33. The van der Waals surface area contributed by atoms with Crippen molar-refractivity contribution in [3.8, 4) is 5.75 Å². The highest BCUT2D eigenvalue weighted by Gasteiger charge is 2.47. The van der Waals surface area contributed by atoms with E-state index in [1.807, 2.05) is 59.5 Å². The Morgan fingerprint density at radius 1 is 0.875 bits per heavy atom. The molecule has 0 spiro atoms. The maximum absolute atomic E-state index is 13.2. The van der Waals surface area contributed by atoms with E-state index in [0.717, 1.165) is 36.5 Å². The molecule has 32 heavy (non-hydrogen) atoms. The number of halogens is 1.